The van der Waals surface area contributed by atoms with Gasteiger partial charge < -0.3 is 10.1 Å². The minimum Gasteiger partial charge on any atom is -0.469 e. The first-order valence-corrected chi connectivity index (χ1v) is 7.94. The van der Waals surface area contributed by atoms with E-state index in [1.165, 1.54) is 18.4 Å². The van der Waals surface area contributed by atoms with Gasteiger partial charge in [-0.3, -0.25) is 9.59 Å². The van der Waals surface area contributed by atoms with Crippen LogP contribution in [-0.2, 0) is 9.53 Å². The van der Waals surface area contributed by atoms with E-state index >= 15 is 0 Å². The molecule has 21 heavy (non-hydrogen) atoms. The Morgan fingerprint density at radius 2 is 2.05 bits per heavy atom. The van der Waals surface area contributed by atoms with Crippen molar-refractivity contribution in [3.8, 4) is 0 Å². The molecule has 1 aromatic heterocycles. The number of nitrogens with one attached hydrogen (secondary N) is 1. The first-order chi connectivity index (χ1) is 10.1. The molecule has 0 saturated heterocycles. The normalized spacial score (nSPS) is 11.7. The van der Waals surface area contributed by atoms with Gasteiger partial charge in [0.2, 0.25) is 0 Å². The van der Waals surface area contributed by atoms with Crippen molar-refractivity contribution in [2.45, 2.75) is 12.5 Å². The summed E-state index contributed by atoms with van der Waals surface area (Å²) in [4.78, 5) is 24.8. The third-order valence-electron chi connectivity index (χ3n) is 2.91. The van der Waals surface area contributed by atoms with Gasteiger partial charge in [0.25, 0.3) is 5.91 Å². The van der Waals surface area contributed by atoms with Crippen LogP contribution in [0.1, 0.15) is 27.7 Å². The predicted octanol–water partition coefficient (Wildman–Crippen LogP) is 3.54. The van der Waals surface area contributed by atoms with Gasteiger partial charge in [0.15, 0.2) is 0 Å². The lowest BCUT2D eigenvalue weighted by atomic mass is 10.1. The molecule has 0 spiro atoms. The maximum absolute atomic E-state index is 12.4. The maximum atomic E-state index is 12.4. The third kappa shape index (κ3) is 4.15. The second-order valence-electron chi connectivity index (χ2n) is 4.30. The van der Waals surface area contributed by atoms with Crippen LogP contribution in [0.25, 0.3) is 0 Å². The van der Waals surface area contributed by atoms with Gasteiger partial charge in [0, 0.05) is 9.35 Å². The Morgan fingerprint density at radius 1 is 1.29 bits per heavy atom. The van der Waals surface area contributed by atoms with Crippen molar-refractivity contribution in [1.82, 2.24) is 5.32 Å². The van der Waals surface area contributed by atoms with E-state index in [-0.39, 0.29) is 18.3 Å². The minimum atomic E-state index is -0.392. The van der Waals surface area contributed by atoms with E-state index in [1.807, 2.05) is 23.6 Å². The van der Waals surface area contributed by atoms with E-state index in [0.717, 1.165) is 4.88 Å². The molecule has 0 bridgehead atoms. The third-order valence-corrected chi connectivity index (χ3v) is 4.59. The summed E-state index contributed by atoms with van der Waals surface area (Å²) in [6.07, 6.45) is 0.104. The van der Waals surface area contributed by atoms with Gasteiger partial charge in [0.05, 0.1) is 25.1 Å². The molecular formula is C15H14BrNO3S. The van der Waals surface area contributed by atoms with E-state index in [4.69, 9.17) is 4.74 Å². The predicted molar refractivity (Wildman–Crippen MR) is 85.3 cm³/mol. The number of carbonyl (C=O) groups excluding carboxylic acids is 2. The molecule has 2 rings (SSSR count). The fourth-order valence-electron chi connectivity index (χ4n) is 1.84. The fraction of sp³-hybridized carbons (Fsp3) is 0.200. The quantitative estimate of drug-likeness (QED) is 0.822. The Balaban J connectivity index is 2.17. The number of hydrogen-bond donors (Lipinski definition) is 1. The van der Waals surface area contributed by atoms with Gasteiger partial charge in [-0.05, 0) is 39.5 Å². The number of ether oxygens (including phenoxy) is 1. The SMILES string of the molecule is COC(=O)CC(NC(=O)c1ccccc1Br)c1cccs1. The summed E-state index contributed by atoms with van der Waals surface area (Å²) in [6.45, 7) is 0. The van der Waals surface area contributed by atoms with Crippen LogP contribution in [0.4, 0.5) is 0 Å². The van der Waals surface area contributed by atoms with E-state index in [0.29, 0.717) is 10.0 Å². The summed E-state index contributed by atoms with van der Waals surface area (Å²) >= 11 is 4.84. The highest BCUT2D eigenvalue weighted by Gasteiger charge is 2.21. The number of halogens is 1. The largest absolute Gasteiger partial charge is 0.469 e. The summed E-state index contributed by atoms with van der Waals surface area (Å²) in [7, 11) is 1.34. The van der Waals surface area contributed by atoms with Crippen molar-refractivity contribution in [1.29, 1.82) is 0 Å². The van der Waals surface area contributed by atoms with Gasteiger partial charge >= 0.3 is 5.97 Å². The zero-order valence-electron chi connectivity index (χ0n) is 11.3. The summed E-state index contributed by atoms with van der Waals surface area (Å²) in [5.41, 5.74) is 0.531. The lowest BCUT2D eigenvalue weighted by Gasteiger charge is -2.17. The van der Waals surface area contributed by atoms with Gasteiger partial charge in [0.1, 0.15) is 0 Å². The molecule has 4 nitrogen and oxygen atoms in total. The summed E-state index contributed by atoms with van der Waals surface area (Å²) in [5, 5.41) is 4.79. The number of esters is 1. The van der Waals surface area contributed by atoms with E-state index in [2.05, 4.69) is 21.2 Å². The standard InChI is InChI=1S/C15H14BrNO3S/c1-20-14(18)9-12(13-7-4-8-21-13)17-15(19)10-5-2-3-6-11(10)16/h2-8,12H,9H2,1H3,(H,17,19). The van der Waals surface area contributed by atoms with Crippen molar-refractivity contribution < 1.29 is 14.3 Å². The van der Waals surface area contributed by atoms with Gasteiger partial charge in [-0.25, -0.2) is 0 Å². The number of hydrogen-bond acceptors (Lipinski definition) is 4. The molecule has 2 aromatic rings. The smallest absolute Gasteiger partial charge is 0.307 e. The molecule has 0 aliphatic heterocycles. The van der Waals surface area contributed by atoms with Crippen molar-refractivity contribution in [2.24, 2.45) is 0 Å². The molecule has 1 N–H and O–H groups in total. The molecule has 0 saturated carbocycles. The first kappa shape index (κ1) is 15.7. The van der Waals surface area contributed by atoms with Crippen LogP contribution in [0, 0.1) is 0 Å². The Kier molecular flexibility index (Phi) is 5.52. The monoisotopic (exact) mass is 367 g/mol. The lowest BCUT2D eigenvalue weighted by Crippen LogP contribution is -2.30. The summed E-state index contributed by atoms with van der Waals surface area (Å²) in [6, 6.07) is 10.5. The molecule has 110 valence electrons. The highest BCUT2D eigenvalue weighted by molar-refractivity contribution is 9.10. The molecular weight excluding hydrogens is 354 g/mol. The molecule has 1 atom stereocenters. The number of carbonyl (C=O) groups is 2. The van der Waals surface area contributed by atoms with Crippen molar-refractivity contribution in [3.63, 3.8) is 0 Å². The average molecular weight is 368 g/mol. The molecule has 0 radical (unpaired) electrons. The molecule has 1 heterocycles. The molecule has 0 aliphatic rings. The zero-order chi connectivity index (χ0) is 15.2. The van der Waals surface area contributed by atoms with Crippen LogP contribution in [0.2, 0.25) is 0 Å². The topological polar surface area (TPSA) is 55.4 Å². The number of thiophene rings is 1. The Hall–Kier alpha value is -1.66. The van der Waals surface area contributed by atoms with E-state index in [1.54, 1.807) is 18.2 Å². The van der Waals surface area contributed by atoms with Crippen LogP contribution >= 0.6 is 27.3 Å². The van der Waals surface area contributed by atoms with Crippen molar-refractivity contribution in [3.05, 3.63) is 56.7 Å². The molecule has 0 aliphatic carbocycles. The Labute approximate surface area is 135 Å². The number of amides is 1. The van der Waals surface area contributed by atoms with Crippen LogP contribution in [0.3, 0.4) is 0 Å². The number of methoxy groups -OCH3 is 1. The molecule has 6 heteroatoms. The molecule has 1 aromatic carbocycles. The molecule has 1 amide bonds. The van der Waals surface area contributed by atoms with Gasteiger partial charge in [-0.15, -0.1) is 11.3 Å². The van der Waals surface area contributed by atoms with Crippen LogP contribution in [0.5, 0.6) is 0 Å². The highest BCUT2D eigenvalue weighted by Crippen LogP contribution is 2.24. The number of benzene rings is 1. The Bertz CT molecular complexity index is 628. The average Bonchev–Trinajstić information content (AvgIpc) is 3.01. The van der Waals surface area contributed by atoms with Crippen molar-refractivity contribution in [2.75, 3.05) is 7.11 Å². The lowest BCUT2D eigenvalue weighted by molar-refractivity contribution is -0.141. The first-order valence-electron chi connectivity index (χ1n) is 6.27. The molecule has 1 unspecified atom stereocenters. The summed E-state index contributed by atoms with van der Waals surface area (Å²) < 4.78 is 5.41. The maximum Gasteiger partial charge on any atom is 0.307 e. The second kappa shape index (κ2) is 7.38. The van der Waals surface area contributed by atoms with Gasteiger partial charge in [-0.1, -0.05) is 18.2 Å². The summed E-state index contributed by atoms with van der Waals surface area (Å²) in [5.74, 6) is -0.592. The fourth-order valence-corrected chi connectivity index (χ4v) is 3.09. The van der Waals surface area contributed by atoms with Gasteiger partial charge in [-0.2, -0.15) is 0 Å². The van der Waals surface area contributed by atoms with Crippen LogP contribution in [-0.4, -0.2) is 19.0 Å². The highest BCUT2D eigenvalue weighted by atomic mass is 79.9. The zero-order valence-corrected chi connectivity index (χ0v) is 13.7. The second-order valence-corrected chi connectivity index (χ2v) is 6.14. The minimum absolute atomic E-state index is 0.104. The number of rotatable bonds is 5. The van der Waals surface area contributed by atoms with Crippen LogP contribution < -0.4 is 5.32 Å². The van der Waals surface area contributed by atoms with Crippen molar-refractivity contribution >= 4 is 39.1 Å². The van der Waals surface area contributed by atoms with E-state index < -0.39 is 6.04 Å². The van der Waals surface area contributed by atoms with E-state index in [9.17, 15) is 9.59 Å². The van der Waals surface area contributed by atoms with Crippen LogP contribution in [0.15, 0.2) is 46.3 Å². The molecule has 0 fully saturated rings. The Morgan fingerprint density at radius 3 is 2.67 bits per heavy atom.